The highest BCUT2D eigenvalue weighted by Crippen LogP contribution is 2.24. The number of halogens is 1. The zero-order valence-electron chi connectivity index (χ0n) is 12.2. The fourth-order valence-corrected chi connectivity index (χ4v) is 2.54. The van der Waals surface area contributed by atoms with Gasteiger partial charge in [-0.15, -0.1) is 0 Å². The molecule has 1 N–H and O–H groups in total. The van der Waals surface area contributed by atoms with E-state index in [1.165, 1.54) is 11.1 Å². The van der Waals surface area contributed by atoms with Crippen LogP contribution in [0.5, 0.6) is 0 Å². The first kappa shape index (κ1) is 15.1. The molecule has 1 unspecified atom stereocenters. The molecule has 2 aromatic rings. The van der Waals surface area contributed by atoms with Crippen LogP contribution in [0.25, 0.3) is 0 Å². The normalized spacial score (nSPS) is 12.6. The molecule has 1 aromatic carbocycles. The molecule has 0 amide bonds. The van der Waals surface area contributed by atoms with Crippen LogP contribution in [0, 0.1) is 0 Å². The Hall–Kier alpha value is -1.25. The summed E-state index contributed by atoms with van der Waals surface area (Å²) in [5.74, 6) is 1.08. The van der Waals surface area contributed by atoms with Gasteiger partial charge in [0.15, 0.2) is 0 Å². The van der Waals surface area contributed by atoms with Crippen molar-refractivity contribution < 1.29 is 4.42 Å². The second kappa shape index (κ2) is 7.51. The van der Waals surface area contributed by atoms with Crippen LogP contribution in [-0.4, -0.2) is 6.54 Å². The molecule has 0 aliphatic heterocycles. The van der Waals surface area contributed by atoms with Gasteiger partial charge in [-0.25, -0.2) is 0 Å². The van der Waals surface area contributed by atoms with Gasteiger partial charge in [-0.3, -0.25) is 0 Å². The Morgan fingerprint density at radius 1 is 1.15 bits per heavy atom. The molecular formula is C17H22ClNO. The van der Waals surface area contributed by atoms with Crippen LogP contribution >= 0.6 is 11.6 Å². The zero-order valence-corrected chi connectivity index (χ0v) is 12.9. The van der Waals surface area contributed by atoms with Crippen LogP contribution in [0.3, 0.4) is 0 Å². The summed E-state index contributed by atoms with van der Waals surface area (Å²) < 4.78 is 5.57. The Bertz CT molecular complexity index is 518. The molecule has 1 heterocycles. The van der Waals surface area contributed by atoms with Gasteiger partial charge >= 0.3 is 0 Å². The van der Waals surface area contributed by atoms with E-state index in [0.29, 0.717) is 6.04 Å². The van der Waals surface area contributed by atoms with Gasteiger partial charge in [0.05, 0.1) is 6.26 Å². The maximum Gasteiger partial charge on any atom is 0.108 e. The molecular weight excluding hydrogens is 270 g/mol. The lowest BCUT2D eigenvalue weighted by molar-refractivity contribution is 0.481. The Labute approximate surface area is 126 Å². The first-order chi connectivity index (χ1) is 9.74. The maximum atomic E-state index is 5.95. The molecule has 0 aliphatic rings. The topological polar surface area (TPSA) is 25.2 Å². The Kier molecular flexibility index (Phi) is 5.69. The summed E-state index contributed by atoms with van der Waals surface area (Å²) in [5, 5.41) is 4.40. The molecule has 0 saturated heterocycles. The van der Waals surface area contributed by atoms with Crippen LogP contribution in [0.2, 0.25) is 5.02 Å². The average molecular weight is 292 g/mol. The SMILES string of the molecule is CCCNC(Cc1ccc(Cl)cc1)c1ccoc1CC. The van der Waals surface area contributed by atoms with Crippen molar-refractivity contribution in [2.45, 2.75) is 39.2 Å². The Balaban J connectivity index is 2.17. The standard InChI is InChI=1S/C17H22ClNO/c1-3-10-19-16(15-9-11-20-17(15)4-2)12-13-5-7-14(18)8-6-13/h5-9,11,16,19H,3-4,10,12H2,1-2H3. The Morgan fingerprint density at radius 3 is 2.55 bits per heavy atom. The summed E-state index contributed by atoms with van der Waals surface area (Å²) >= 11 is 5.95. The lowest BCUT2D eigenvalue weighted by atomic mass is 9.98. The molecule has 0 saturated carbocycles. The third kappa shape index (κ3) is 3.87. The fourth-order valence-electron chi connectivity index (χ4n) is 2.42. The van der Waals surface area contributed by atoms with Crippen molar-refractivity contribution in [1.82, 2.24) is 5.32 Å². The second-order valence-electron chi connectivity index (χ2n) is 4.99. The molecule has 0 bridgehead atoms. The molecule has 1 aromatic heterocycles. The summed E-state index contributed by atoms with van der Waals surface area (Å²) in [5.41, 5.74) is 2.56. The molecule has 108 valence electrons. The van der Waals surface area contributed by atoms with E-state index in [1.807, 2.05) is 12.1 Å². The van der Waals surface area contributed by atoms with Crippen LogP contribution < -0.4 is 5.32 Å². The van der Waals surface area contributed by atoms with E-state index in [2.05, 4.69) is 37.4 Å². The predicted octanol–water partition coefficient (Wildman–Crippen LogP) is 4.78. The van der Waals surface area contributed by atoms with Crippen molar-refractivity contribution in [3.8, 4) is 0 Å². The van der Waals surface area contributed by atoms with E-state index in [4.69, 9.17) is 16.0 Å². The van der Waals surface area contributed by atoms with Crippen LogP contribution in [0.1, 0.15) is 43.2 Å². The largest absolute Gasteiger partial charge is 0.469 e. The highest BCUT2D eigenvalue weighted by molar-refractivity contribution is 6.30. The van der Waals surface area contributed by atoms with Gasteiger partial charge in [0.1, 0.15) is 5.76 Å². The minimum absolute atomic E-state index is 0.296. The summed E-state index contributed by atoms with van der Waals surface area (Å²) in [6.45, 7) is 5.32. The van der Waals surface area contributed by atoms with E-state index in [1.54, 1.807) is 6.26 Å². The van der Waals surface area contributed by atoms with E-state index < -0.39 is 0 Å². The number of hydrogen-bond donors (Lipinski definition) is 1. The van der Waals surface area contributed by atoms with E-state index in [-0.39, 0.29) is 0 Å². The van der Waals surface area contributed by atoms with Crippen molar-refractivity contribution in [2.75, 3.05) is 6.54 Å². The summed E-state index contributed by atoms with van der Waals surface area (Å²) in [6.07, 6.45) is 4.78. The van der Waals surface area contributed by atoms with Gasteiger partial charge < -0.3 is 9.73 Å². The first-order valence-electron chi connectivity index (χ1n) is 7.28. The van der Waals surface area contributed by atoms with Gasteiger partial charge in [0, 0.05) is 23.0 Å². The van der Waals surface area contributed by atoms with Crippen molar-refractivity contribution >= 4 is 11.6 Å². The Morgan fingerprint density at radius 2 is 1.90 bits per heavy atom. The summed E-state index contributed by atoms with van der Waals surface area (Å²) in [4.78, 5) is 0. The maximum absolute atomic E-state index is 5.95. The monoisotopic (exact) mass is 291 g/mol. The van der Waals surface area contributed by atoms with E-state index in [9.17, 15) is 0 Å². The number of aryl methyl sites for hydroxylation is 1. The smallest absolute Gasteiger partial charge is 0.108 e. The summed E-state index contributed by atoms with van der Waals surface area (Å²) in [7, 11) is 0. The molecule has 20 heavy (non-hydrogen) atoms. The number of rotatable bonds is 7. The lowest BCUT2D eigenvalue weighted by Gasteiger charge is -2.19. The van der Waals surface area contributed by atoms with Crippen molar-refractivity contribution in [3.05, 3.63) is 58.5 Å². The number of hydrogen-bond acceptors (Lipinski definition) is 2. The summed E-state index contributed by atoms with van der Waals surface area (Å²) in [6, 6.07) is 10.5. The zero-order chi connectivity index (χ0) is 14.4. The van der Waals surface area contributed by atoms with E-state index >= 15 is 0 Å². The van der Waals surface area contributed by atoms with Gasteiger partial charge in [-0.2, -0.15) is 0 Å². The minimum Gasteiger partial charge on any atom is -0.469 e. The predicted molar refractivity (Wildman–Crippen MR) is 84.3 cm³/mol. The highest BCUT2D eigenvalue weighted by atomic mass is 35.5. The number of nitrogens with one attached hydrogen (secondary N) is 1. The molecule has 0 fully saturated rings. The first-order valence-corrected chi connectivity index (χ1v) is 7.66. The molecule has 2 nitrogen and oxygen atoms in total. The van der Waals surface area contributed by atoms with Crippen molar-refractivity contribution in [1.29, 1.82) is 0 Å². The van der Waals surface area contributed by atoms with Crippen LogP contribution in [0.15, 0.2) is 41.0 Å². The molecule has 1 atom stereocenters. The van der Waals surface area contributed by atoms with Crippen molar-refractivity contribution in [2.24, 2.45) is 0 Å². The highest BCUT2D eigenvalue weighted by Gasteiger charge is 2.17. The van der Waals surface area contributed by atoms with Crippen molar-refractivity contribution in [3.63, 3.8) is 0 Å². The van der Waals surface area contributed by atoms with E-state index in [0.717, 1.165) is 36.6 Å². The fraction of sp³-hybridized carbons (Fsp3) is 0.412. The van der Waals surface area contributed by atoms with Gasteiger partial charge in [0.2, 0.25) is 0 Å². The van der Waals surface area contributed by atoms with Crippen LogP contribution in [-0.2, 0) is 12.8 Å². The van der Waals surface area contributed by atoms with Crippen LogP contribution in [0.4, 0.5) is 0 Å². The average Bonchev–Trinajstić information content (AvgIpc) is 2.94. The third-order valence-corrected chi connectivity index (χ3v) is 3.72. The molecule has 3 heteroatoms. The molecule has 0 radical (unpaired) electrons. The number of furan rings is 1. The quantitative estimate of drug-likeness (QED) is 0.794. The van der Waals surface area contributed by atoms with Gasteiger partial charge in [0.25, 0.3) is 0 Å². The third-order valence-electron chi connectivity index (χ3n) is 3.47. The van der Waals surface area contributed by atoms with Gasteiger partial charge in [-0.05, 0) is 43.1 Å². The molecule has 0 spiro atoms. The lowest BCUT2D eigenvalue weighted by Crippen LogP contribution is -2.24. The molecule has 2 rings (SSSR count). The van der Waals surface area contributed by atoms with Gasteiger partial charge in [-0.1, -0.05) is 37.6 Å². The minimum atomic E-state index is 0.296. The molecule has 0 aliphatic carbocycles. The second-order valence-corrected chi connectivity index (χ2v) is 5.43. The number of benzene rings is 1.